The third-order valence-corrected chi connectivity index (χ3v) is 4.90. The fourth-order valence-corrected chi connectivity index (χ4v) is 3.54. The van der Waals surface area contributed by atoms with Crippen LogP contribution in [0.5, 0.6) is 0 Å². The van der Waals surface area contributed by atoms with Crippen molar-refractivity contribution < 1.29 is 76.6 Å². The van der Waals surface area contributed by atoms with Gasteiger partial charge in [-0.25, -0.2) is 0 Å². The van der Waals surface area contributed by atoms with Gasteiger partial charge in [-0.2, -0.15) is 0 Å². The maximum Gasteiger partial charge on any atom is 1.00 e. The first-order valence-corrected chi connectivity index (χ1v) is 10.2. The number of benzene rings is 4. The molecule has 0 saturated heterocycles. The maximum absolute atomic E-state index is 8.52. The van der Waals surface area contributed by atoms with Gasteiger partial charge >= 0.3 is 59.1 Å². The number of hydrogen-bond donors (Lipinski definition) is 0. The number of rotatable bonds is 2. The van der Waals surface area contributed by atoms with Crippen molar-refractivity contribution in [2.45, 2.75) is 20.3 Å². The van der Waals surface area contributed by atoms with Gasteiger partial charge in [-0.05, 0) is 64.1 Å². The van der Waals surface area contributed by atoms with Gasteiger partial charge in [0.2, 0.25) is 0 Å². The van der Waals surface area contributed by atoms with E-state index in [1.54, 1.807) is 0 Å². The van der Waals surface area contributed by atoms with E-state index in [0.717, 1.165) is 6.42 Å². The van der Waals surface area contributed by atoms with Crippen LogP contribution in [0, 0.1) is 13.8 Å². The summed E-state index contributed by atoms with van der Waals surface area (Å²) in [5, 5.41) is 5.40. The summed E-state index contributed by atoms with van der Waals surface area (Å²) in [6, 6.07) is 26.4. The molecule has 0 unspecified atom stereocenters. The molecule has 0 bridgehead atoms. The van der Waals surface area contributed by atoms with Gasteiger partial charge in [0.05, 0.1) is 0 Å². The topological polar surface area (TPSA) is 80.3 Å². The van der Waals surface area contributed by atoms with Gasteiger partial charge in [0.1, 0.15) is 0 Å². The number of hydrogen-bond acceptors (Lipinski definition) is 4. The van der Waals surface area contributed by atoms with E-state index in [4.69, 9.17) is 17.5 Å². The van der Waals surface area contributed by atoms with E-state index in [1.165, 1.54) is 43.8 Å². The molecule has 0 N–H and O–H groups in total. The summed E-state index contributed by atoms with van der Waals surface area (Å²) in [6.07, 6.45) is 0.986. The van der Waals surface area contributed by atoms with Crippen molar-refractivity contribution in [2.75, 3.05) is 0 Å². The van der Waals surface area contributed by atoms with Crippen molar-refractivity contribution in [2.24, 2.45) is 0 Å². The van der Waals surface area contributed by atoms with Crippen LogP contribution in [0.3, 0.4) is 0 Å². The van der Waals surface area contributed by atoms with E-state index in [9.17, 15) is 0 Å². The van der Waals surface area contributed by atoms with Crippen LogP contribution in [0.4, 0.5) is 0 Å². The van der Waals surface area contributed by atoms with E-state index in [0.29, 0.717) is 0 Å². The summed E-state index contributed by atoms with van der Waals surface area (Å²) in [4.78, 5) is 0. The van der Waals surface area contributed by atoms with E-state index < -0.39 is 10.4 Å². The van der Waals surface area contributed by atoms with E-state index in [1.807, 2.05) is 0 Å². The summed E-state index contributed by atoms with van der Waals surface area (Å²) < 4.78 is 34.1. The van der Waals surface area contributed by atoms with Crippen LogP contribution < -0.4 is 59.1 Å². The first kappa shape index (κ1) is 27.3. The Hall–Kier alpha value is -0.730. The Bertz CT molecular complexity index is 1160. The van der Waals surface area contributed by atoms with Crippen LogP contribution in [0.2, 0.25) is 0 Å². The summed E-state index contributed by atoms with van der Waals surface area (Å²) in [5.74, 6) is 0. The first-order chi connectivity index (χ1) is 13.2. The molecule has 7 heteroatoms. The molecule has 0 atom stereocenters. The zero-order valence-corrected chi connectivity index (χ0v) is 22.5. The van der Waals surface area contributed by atoms with Gasteiger partial charge in [0.15, 0.2) is 0 Å². The predicted octanol–water partition coefficient (Wildman–Crippen LogP) is -1.13. The Kier molecular flexibility index (Phi) is 10.7. The molecule has 0 aliphatic carbocycles. The van der Waals surface area contributed by atoms with Crippen molar-refractivity contribution in [1.82, 2.24) is 0 Å². The smallest absolute Gasteiger partial charge is 0.759 e. The van der Waals surface area contributed by atoms with E-state index >= 15 is 0 Å². The standard InChI is InChI=1S/C23H20.2Na.H2O4S/c1-16-11-13-18-7-3-5-9-20(18)22(16)15-23-17(2)12-14-19-8-4-6-10-21(19)23;;;1-5(2,3)4/h3-14H,15H2,1-2H3;;;(H2,1,2,3,4)/q;2*+1;/p-2. The van der Waals surface area contributed by atoms with E-state index in [-0.39, 0.29) is 59.1 Å². The summed E-state index contributed by atoms with van der Waals surface area (Å²) in [5.41, 5.74) is 5.64. The zero-order valence-electron chi connectivity index (χ0n) is 17.7. The van der Waals surface area contributed by atoms with Crippen LogP contribution in [0.15, 0.2) is 72.8 Å². The second kappa shape index (κ2) is 11.8. The largest absolute Gasteiger partial charge is 1.00 e. The Balaban J connectivity index is 0.000000581. The monoisotopic (exact) mass is 438 g/mol. The fraction of sp³-hybridized carbons (Fsp3) is 0.130. The third kappa shape index (κ3) is 7.16. The van der Waals surface area contributed by atoms with E-state index in [2.05, 4.69) is 86.6 Å². The van der Waals surface area contributed by atoms with Crippen LogP contribution in [0.25, 0.3) is 21.5 Å². The molecule has 0 aliphatic rings. The van der Waals surface area contributed by atoms with Gasteiger partial charge in [-0.15, -0.1) is 0 Å². The molecule has 0 aromatic heterocycles. The molecule has 0 amide bonds. The molecule has 0 aliphatic heterocycles. The molecule has 0 heterocycles. The van der Waals surface area contributed by atoms with Gasteiger partial charge < -0.3 is 9.11 Å². The van der Waals surface area contributed by atoms with Crippen LogP contribution in [-0.2, 0) is 16.8 Å². The van der Waals surface area contributed by atoms with Crippen molar-refractivity contribution in [3.63, 3.8) is 0 Å². The van der Waals surface area contributed by atoms with Gasteiger partial charge in [-0.1, -0.05) is 72.8 Å². The molecule has 0 spiro atoms. The maximum atomic E-state index is 8.52. The molecule has 0 saturated carbocycles. The summed E-state index contributed by atoms with van der Waals surface area (Å²) >= 11 is 0. The van der Waals surface area contributed by atoms with Crippen LogP contribution >= 0.6 is 0 Å². The van der Waals surface area contributed by atoms with Gasteiger partial charge in [0, 0.05) is 10.4 Å². The molecular weight excluding hydrogens is 418 g/mol. The Labute approximate surface area is 221 Å². The summed E-state index contributed by atoms with van der Waals surface area (Å²) in [6.45, 7) is 4.45. The molecule has 4 nitrogen and oxygen atoms in total. The first-order valence-electron chi connectivity index (χ1n) is 8.85. The number of aryl methyl sites for hydroxylation is 2. The zero-order chi connectivity index (χ0) is 20.3. The quantitative estimate of drug-likeness (QED) is 0.225. The molecule has 4 aromatic carbocycles. The Morgan fingerprint density at radius 2 is 0.967 bits per heavy atom. The van der Waals surface area contributed by atoms with Gasteiger partial charge in [0.25, 0.3) is 0 Å². The van der Waals surface area contributed by atoms with Crippen molar-refractivity contribution in [3.05, 3.63) is 95.1 Å². The second-order valence-electron chi connectivity index (χ2n) is 6.75. The molecule has 30 heavy (non-hydrogen) atoms. The molecule has 0 fully saturated rings. The predicted molar refractivity (Wildman–Crippen MR) is 111 cm³/mol. The van der Waals surface area contributed by atoms with Crippen LogP contribution in [-0.4, -0.2) is 17.5 Å². The second-order valence-corrected chi connectivity index (χ2v) is 7.57. The number of fused-ring (bicyclic) bond motifs is 2. The minimum Gasteiger partial charge on any atom is -0.759 e. The van der Waals surface area contributed by atoms with Crippen molar-refractivity contribution in [1.29, 1.82) is 0 Å². The fourth-order valence-electron chi connectivity index (χ4n) is 3.54. The SMILES string of the molecule is Cc1ccc2ccccc2c1Cc1c(C)ccc2ccccc12.O=S(=O)([O-])[O-].[Na+].[Na+]. The molecule has 4 rings (SSSR count). The van der Waals surface area contributed by atoms with Crippen molar-refractivity contribution in [3.8, 4) is 0 Å². The molecular formula is C23H20Na2O4S. The Morgan fingerprint density at radius 1 is 0.633 bits per heavy atom. The molecule has 144 valence electrons. The van der Waals surface area contributed by atoms with Gasteiger partial charge in [-0.3, -0.25) is 8.42 Å². The average Bonchev–Trinajstić information content (AvgIpc) is 2.64. The molecule has 0 radical (unpaired) electrons. The van der Waals surface area contributed by atoms with Crippen molar-refractivity contribution >= 4 is 31.9 Å². The Morgan fingerprint density at radius 3 is 1.33 bits per heavy atom. The molecule has 4 aromatic rings. The summed E-state index contributed by atoms with van der Waals surface area (Å²) in [7, 11) is -5.17. The average molecular weight is 438 g/mol. The third-order valence-electron chi connectivity index (χ3n) is 4.90. The normalized spacial score (nSPS) is 10.5. The minimum absolute atomic E-state index is 0. The minimum atomic E-state index is -5.17. The van der Waals surface area contributed by atoms with Crippen LogP contribution in [0.1, 0.15) is 22.3 Å².